The summed E-state index contributed by atoms with van der Waals surface area (Å²) in [6.07, 6.45) is 0.0109. The van der Waals surface area contributed by atoms with Crippen LogP contribution in [0.15, 0.2) is 51.7 Å². The average Bonchev–Trinajstić information content (AvgIpc) is 2.73. The highest BCUT2D eigenvalue weighted by Crippen LogP contribution is 2.32. The number of carbonyl (C=O) groups excluding carboxylic acids is 2. The highest BCUT2D eigenvalue weighted by atomic mass is 16.6. The number of alkyl carbamates (subject to hydrolysis) is 1. The average molecular weight is 466 g/mol. The third-order valence-electron chi connectivity index (χ3n) is 5.31. The summed E-state index contributed by atoms with van der Waals surface area (Å²) in [5.74, 6) is -0.351. The molecule has 0 aliphatic heterocycles. The van der Waals surface area contributed by atoms with E-state index >= 15 is 0 Å². The van der Waals surface area contributed by atoms with E-state index in [4.69, 9.17) is 13.9 Å². The number of carbonyl (C=O) groups is 2. The zero-order valence-electron chi connectivity index (χ0n) is 20.5. The summed E-state index contributed by atoms with van der Waals surface area (Å²) in [5.41, 5.74) is 2.15. The highest BCUT2D eigenvalue weighted by molar-refractivity contribution is 5.92. The van der Waals surface area contributed by atoms with Crippen molar-refractivity contribution in [2.75, 3.05) is 0 Å². The van der Waals surface area contributed by atoms with E-state index in [2.05, 4.69) is 5.32 Å². The predicted molar refractivity (Wildman–Crippen MR) is 130 cm³/mol. The number of hydrogen-bond donors (Lipinski definition) is 1. The number of nitrogens with one attached hydrogen (secondary N) is 1. The monoisotopic (exact) mass is 465 g/mol. The van der Waals surface area contributed by atoms with Crippen molar-refractivity contribution < 1.29 is 23.5 Å². The molecule has 1 amide bonds. The van der Waals surface area contributed by atoms with Crippen molar-refractivity contribution in [1.82, 2.24) is 5.32 Å². The summed E-state index contributed by atoms with van der Waals surface area (Å²) in [7, 11) is 0. The van der Waals surface area contributed by atoms with Crippen LogP contribution in [0.1, 0.15) is 56.4 Å². The number of fused-ring (bicyclic) bond motifs is 1. The van der Waals surface area contributed by atoms with E-state index in [1.54, 1.807) is 39.8 Å². The second-order valence-electron chi connectivity index (χ2n) is 9.32. The Hall–Kier alpha value is -3.61. The van der Waals surface area contributed by atoms with Crippen LogP contribution < -0.4 is 15.7 Å². The van der Waals surface area contributed by atoms with Gasteiger partial charge in [-0.15, -0.1) is 0 Å². The second-order valence-corrected chi connectivity index (χ2v) is 9.32. The van der Waals surface area contributed by atoms with Gasteiger partial charge in [-0.1, -0.05) is 37.3 Å². The molecule has 0 aliphatic carbocycles. The van der Waals surface area contributed by atoms with Crippen molar-refractivity contribution in [3.63, 3.8) is 0 Å². The molecule has 1 aromatic heterocycles. The number of hydrogen-bond acceptors (Lipinski definition) is 6. The van der Waals surface area contributed by atoms with Crippen molar-refractivity contribution in [1.29, 1.82) is 0 Å². The minimum atomic E-state index is -0.898. The molecule has 0 aliphatic rings. The van der Waals surface area contributed by atoms with Crippen LogP contribution in [-0.2, 0) is 16.0 Å². The van der Waals surface area contributed by atoms with Gasteiger partial charge < -0.3 is 19.2 Å². The quantitative estimate of drug-likeness (QED) is 0.305. The standard InChI is InChI=1S/C27H31NO6/c1-7-20(28-26(31)34-27(4,5)6)25(30)33-22-14-16(2)13-21-23(22)17(3)19(24(29)32-21)15-18-11-9-8-10-12-18/h8-14,20H,7,15H2,1-6H3,(H,28,31)/t20-/m1/s1. The lowest BCUT2D eigenvalue weighted by atomic mass is 9.98. The first kappa shape index (κ1) is 25.0. The van der Waals surface area contributed by atoms with E-state index in [0.29, 0.717) is 34.9 Å². The summed E-state index contributed by atoms with van der Waals surface area (Å²) >= 11 is 0. The van der Waals surface area contributed by atoms with Gasteiger partial charge in [0, 0.05) is 12.0 Å². The lowest BCUT2D eigenvalue weighted by Gasteiger charge is -2.22. The van der Waals surface area contributed by atoms with Gasteiger partial charge in [-0.25, -0.2) is 14.4 Å². The normalized spacial score (nSPS) is 12.3. The van der Waals surface area contributed by atoms with Crippen LogP contribution >= 0.6 is 0 Å². The largest absolute Gasteiger partial charge is 0.444 e. The topological polar surface area (TPSA) is 94.8 Å². The maximum absolute atomic E-state index is 13.0. The first-order valence-corrected chi connectivity index (χ1v) is 11.3. The van der Waals surface area contributed by atoms with E-state index in [9.17, 15) is 14.4 Å². The Morgan fingerprint density at radius 2 is 1.76 bits per heavy atom. The van der Waals surface area contributed by atoms with E-state index < -0.39 is 29.3 Å². The molecule has 3 rings (SSSR count). The number of benzene rings is 2. The van der Waals surface area contributed by atoms with Gasteiger partial charge in [0.1, 0.15) is 23.0 Å². The molecule has 0 fully saturated rings. The van der Waals surface area contributed by atoms with Crippen molar-refractivity contribution in [3.8, 4) is 5.75 Å². The van der Waals surface area contributed by atoms with Gasteiger partial charge in [-0.05, 0) is 69.9 Å². The molecule has 0 spiro atoms. The maximum Gasteiger partial charge on any atom is 0.408 e. The molecule has 0 bridgehead atoms. The molecule has 0 saturated carbocycles. The Labute approximate surface area is 199 Å². The van der Waals surface area contributed by atoms with Crippen LogP contribution in [-0.4, -0.2) is 23.7 Å². The summed E-state index contributed by atoms with van der Waals surface area (Å²) in [6.45, 7) is 10.6. The van der Waals surface area contributed by atoms with Gasteiger partial charge in [-0.3, -0.25) is 0 Å². The number of ether oxygens (including phenoxy) is 2. The number of amides is 1. The smallest absolute Gasteiger partial charge is 0.408 e. The lowest BCUT2D eigenvalue weighted by molar-refractivity contribution is -0.136. The summed E-state index contributed by atoms with van der Waals surface area (Å²) in [4.78, 5) is 37.9. The highest BCUT2D eigenvalue weighted by Gasteiger charge is 2.26. The zero-order chi connectivity index (χ0) is 25.0. The van der Waals surface area contributed by atoms with Crippen LogP contribution in [0.2, 0.25) is 0 Å². The fraction of sp³-hybridized carbons (Fsp3) is 0.370. The van der Waals surface area contributed by atoms with Gasteiger partial charge >= 0.3 is 17.7 Å². The van der Waals surface area contributed by atoms with Crippen LogP contribution in [0.4, 0.5) is 4.79 Å². The molecular formula is C27H31NO6. The Morgan fingerprint density at radius 3 is 2.38 bits per heavy atom. The molecule has 1 heterocycles. The SMILES string of the molecule is CC[C@@H](NC(=O)OC(C)(C)C)C(=O)Oc1cc(C)cc2oc(=O)c(Cc3ccccc3)c(C)c12. The first-order chi connectivity index (χ1) is 16.0. The number of rotatable bonds is 6. The fourth-order valence-corrected chi connectivity index (χ4v) is 3.68. The number of aryl methyl sites for hydroxylation is 2. The molecule has 1 atom stereocenters. The Balaban J connectivity index is 1.96. The van der Waals surface area contributed by atoms with Crippen molar-refractivity contribution >= 4 is 23.0 Å². The van der Waals surface area contributed by atoms with Crippen LogP contribution in [0.3, 0.4) is 0 Å². The van der Waals surface area contributed by atoms with Crippen LogP contribution in [0.25, 0.3) is 11.0 Å². The summed E-state index contributed by atoms with van der Waals surface area (Å²) in [5, 5.41) is 3.12. The van der Waals surface area contributed by atoms with Crippen LogP contribution in [0.5, 0.6) is 5.75 Å². The third-order valence-corrected chi connectivity index (χ3v) is 5.31. The molecule has 7 nitrogen and oxygen atoms in total. The van der Waals surface area contributed by atoms with Gasteiger partial charge in [0.05, 0.1) is 5.39 Å². The molecule has 1 N–H and O–H groups in total. The molecule has 0 unspecified atom stereocenters. The van der Waals surface area contributed by atoms with Crippen molar-refractivity contribution in [2.24, 2.45) is 0 Å². The molecular weight excluding hydrogens is 434 g/mol. The van der Waals surface area contributed by atoms with Crippen molar-refractivity contribution in [2.45, 2.75) is 66.0 Å². The molecule has 34 heavy (non-hydrogen) atoms. The Bertz CT molecular complexity index is 1250. The minimum Gasteiger partial charge on any atom is -0.444 e. The molecule has 0 saturated heterocycles. The van der Waals surface area contributed by atoms with E-state index in [1.807, 2.05) is 44.2 Å². The van der Waals surface area contributed by atoms with Gasteiger partial charge in [0.25, 0.3) is 0 Å². The summed E-state index contributed by atoms with van der Waals surface area (Å²) in [6, 6.07) is 12.2. The molecule has 180 valence electrons. The fourth-order valence-electron chi connectivity index (χ4n) is 3.68. The predicted octanol–water partition coefficient (Wildman–Crippen LogP) is 5.21. The molecule has 3 aromatic rings. The maximum atomic E-state index is 13.0. The Morgan fingerprint density at radius 1 is 1.09 bits per heavy atom. The van der Waals surface area contributed by atoms with Crippen LogP contribution in [0, 0.1) is 13.8 Å². The van der Waals surface area contributed by atoms with E-state index in [1.165, 1.54) is 0 Å². The van der Waals surface area contributed by atoms with Gasteiger partial charge in [0.15, 0.2) is 0 Å². The van der Waals surface area contributed by atoms with E-state index in [-0.39, 0.29) is 5.75 Å². The third kappa shape index (κ3) is 6.04. The lowest BCUT2D eigenvalue weighted by Crippen LogP contribution is -2.44. The summed E-state index contributed by atoms with van der Waals surface area (Å²) < 4.78 is 16.6. The van der Waals surface area contributed by atoms with Gasteiger partial charge in [-0.2, -0.15) is 0 Å². The minimum absolute atomic E-state index is 0.278. The first-order valence-electron chi connectivity index (χ1n) is 11.3. The van der Waals surface area contributed by atoms with Crippen molar-refractivity contribution in [3.05, 3.63) is 75.1 Å². The Kier molecular flexibility index (Phi) is 7.44. The van der Waals surface area contributed by atoms with Gasteiger partial charge in [0.2, 0.25) is 0 Å². The molecule has 2 aromatic carbocycles. The van der Waals surface area contributed by atoms with E-state index in [0.717, 1.165) is 11.1 Å². The second kappa shape index (κ2) is 10.1. The molecule has 0 radical (unpaired) electrons. The molecule has 7 heteroatoms. The zero-order valence-corrected chi connectivity index (χ0v) is 20.5. The number of esters is 1.